The van der Waals surface area contributed by atoms with Gasteiger partial charge in [0.15, 0.2) is 4.77 Å². The van der Waals surface area contributed by atoms with E-state index < -0.39 is 0 Å². The molecule has 2 rings (SSSR count). The molecule has 0 spiro atoms. The standard InChI is InChI=1S/C6H5N3S3/c10-4-2-1-3-5(8-4)9(12)6(11)7-3/h1-2,12H,(H,7,11)(H,8,10). The van der Waals surface area contributed by atoms with Crippen LogP contribution in [-0.2, 0) is 0 Å². The van der Waals surface area contributed by atoms with E-state index in [-0.39, 0.29) is 0 Å². The maximum Gasteiger partial charge on any atom is 0.189 e. The fraction of sp³-hybridized carbons (Fsp3) is 0. The zero-order chi connectivity index (χ0) is 8.72. The highest BCUT2D eigenvalue weighted by Crippen LogP contribution is 2.11. The lowest BCUT2D eigenvalue weighted by Gasteiger charge is -1.91. The number of nitrogens with one attached hydrogen (secondary N) is 2. The minimum absolute atomic E-state index is 0.560. The number of imidazole rings is 1. The summed E-state index contributed by atoms with van der Waals surface area (Å²) in [6.07, 6.45) is 0. The molecule has 0 fully saturated rings. The zero-order valence-electron chi connectivity index (χ0n) is 5.87. The highest BCUT2D eigenvalue weighted by molar-refractivity contribution is 7.79. The molecular formula is C6H5N3S3. The largest absolute Gasteiger partial charge is 0.330 e. The number of pyridine rings is 1. The van der Waals surface area contributed by atoms with Crippen molar-refractivity contribution in [3.8, 4) is 0 Å². The predicted octanol–water partition coefficient (Wildman–Crippen LogP) is 2.45. The summed E-state index contributed by atoms with van der Waals surface area (Å²) in [5.41, 5.74) is 1.71. The van der Waals surface area contributed by atoms with Crippen molar-refractivity contribution in [1.29, 1.82) is 0 Å². The Morgan fingerprint density at radius 3 is 2.75 bits per heavy atom. The van der Waals surface area contributed by atoms with Gasteiger partial charge in [-0.2, -0.15) is 0 Å². The number of hydrogen-bond acceptors (Lipinski definition) is 3. The third-order valence-corrected chi connectivity index (χ3v) is 2.60. The van der Waals surface area contributed by atoms with Gasteiger partial charge in [-0.05, 0) is 24.4 Å². The Kier molecular flexibility index (Phi) is 1.82. The first kappa shape index (κ1) is 8.03. The van der Waals surface area contributed by atoms with E-state index in [1.54, 1.807) is 10.0 Å². The number of aromatic nitrogens is 3. The maximum absolute atomic E-state index is 4.97. The molecule has 2 N–H and O–H groups in total. The van der Waals surface area contributed by atoms with E-state index in [1.807, 2.05) is 6.07 Å². The molecule has 0 aliphatic heterocycles. The van der Waals surface area contributed by atoms with Crippen LogP contribution in [0, 0.1) is 9.41 Å². The summed E-state index contributed by atoms with van der Waals surface area (Å²) in [6, 6.07) is 3.67. The Bertz CT molecular complexity index is 533. The second-order valence-corrected chi connectivity index (χ2v) is 3.55. The van der Waals surface area contributed by atoms with Crippen LogP contribution in [-0.4, -0.2) is 13.9 Å². The fourth-order valence-corrected chi connectivity index (χ4v) is 1.57. The molecule has 0 unspecified atom stereocenters. The average Bonchev–Trinajstić information content (AvgIpc) is 2.31. The number of fused-ring (bicyclic) bond motifs is 1. The monoisotopic (exact) mass is 215 g/mol. The first-order valence-corrected chi connectivity index (χ1v) is 4.43. The second kappa shape index (κ2) is 2.72. The van der Waals surface area contributed by atoms with E-state index in [9.17, 15) is 0 Å². The van der Waals surface area contributed by atoms with Crippen molar-refractivity contribution in [2.24, 2.45) is 0 Å². The van der Waals surface area contributed by atoms with Gasteiger partial charge in [0.1, 0.15) is 10.3 Å². The van der Waals surface area contributed by atoms with Crippen molar-refractivity contribution < 1.29 is 0 Å². The minimum Gasteiger partial charge on any atom is -0.330 e. The smallest absolute Gasteiger partial charge is 0.189 e. The van der Waals surface area contributed by atoms with Crippen LogP contribution in [0.5, 0.6) is 0 Å². The lowest BCUT2D eigenvalue weighted by Crippen LogP contribution is -1.82. The zero-order valence-corrected chi connectivity index (χ0v) is 8.39. The molecule has 2 heterocycles. The van der Waals surface area contributed by atoms with Crippen LogP contribution < -0.4 is 0 Å². The second-order valence-electron chi connectivity index (χ2n) is 2.33. The van der Waals surface area contributed by atoms with Crippen molar-refractivity contribution in [1.82, 2.24) is 13.9 Å². The van der Waals surface area contributed by atoms with Crippen LogP contribution in [0.15, 0.2) is 12.1 Å². The van der Waals surface area contributed by atoms with Gasteiger partial charge in [0.25, 0.3) is 0 Å². The third kappa shape index (κ3) is 1.12. The van der Waals surface area contributed by atoms with Crippen molar-refractivity contribution in [2.45, 2.75) is 0 Å². The van der Waals surface area contributed by atoms with Crippen molar-refractivity contribution in [2.75, 3.05) is 0 Å². The Morgan fingerprint density at radius 2 is 2.00 bits per heavy atom. The van der Waals surface area contributed by atoms with E-state index in [1.165, 1.54) is 0 Å². The van der Waals surface area contributed by atoms with Gasteiger partial charge in [-0.1, -0.05) is 25.0 Å². The predicted molar refractivity (Wildman–Crippen MR) is 56.7 cm³/mol. The van der Waals surface area contributed by atoms with Crippen molar-refractivity contribution >= 4 is 48.4 Å². The molecule has 2 aromatic heterocycles. The summed E-state index contributed by atoms with van der Waals surface area (Å²) < 4.78 is 2.78. The average molecular weight is 215 g/mol. The fourth-order valence-electron chi connectivity index (χ4n) is 1.00. The topological polar surface area (TPSA) is 36.5 Å². The SMILES string of the molecule is S=c1ccc2[nH]c(=S)n(S)c2[nH]1. The highest BCUT2D eigenvalue weighted by atomic mass is 32.1. The molecule has 6 heteroatoms. The van der Waals surface area contributed by atoms with Gasteiger partial charge in [0.05, 0.1) is 5.52 Å². The number of H-pyrrole nitrogens is 2. The third-order valence-electron chi connectivity index (χ3n) is 1.54. The molecule has 0 bridgehead atoms. The Balaban J connectivity index is 3.08. The summed E-state index contributed by atoms with van der Waals surface area (Å²) in [7, 11) is 0. The quantitative estimate of drug-likeness (QED) is 0.466. The van der Waals surface area contributed by atoms with Gasteiger partial charge in [-0.25, -0.2) is 3.97 Å². The molecular weight excluding hydrogens is 210 g/mol. The molecule has 0 aliphatic rings. The Morgan fingerprint density at radius 1 is 1.25 bits per heavy atom. The van der Waals surface area contributed by atoms with Crippen LogP contribution in [0.4, 0.5) is 0 Å². The molecule has 3 nitrogen and oxygen atoms in total. The molecule has 0 saturated heterocycles. The molecule has 0 saturated carbocycles. The van der Waals surface area contributed by atoms with Gasteiger partial charge in [-0.3, -0.25) is 0 Å². The van der Waals surface area contributed by atoms with Crippen LogP contribution in [0.25, 0.3) is 11.2 Å². The van der Waals surface area contributed by atoms with Gasteiger partial charge in [0.2, 0.25) is 0 Å². The Labute approximate surface area is 84.0 Å². The van der Waals surface area contributed by atoms with E-state index in [0.29, 0.717) is 9.41 Å². The summed E-state index contributed by atoms with van der Waals surface area (Å²) in [4.78, 5) is 5.96. The number of aromatic amines is 2. The van der Waals surface area contributed by atoms with Crippen molar-refractivity contribution in [3.05, 3.63) is 21.5 Å². The molecule has 0 aromatic carbocycles. The van der Waals surface area contributed by atoms with Crippen molar-refractivity contribution in [3.63, 3.8) is 0 Å². The number of nitrogens with zero attached hydrogens (tertiary/aromatic N) is 1. The molecule has 0 radical (unpaired) electrons. The highest BCUT2D eigenvalue weighted by Gasteiger charge is 1.99. The number of hydrogen-bond donors (Lipinski definition) is 3. The molecule has 12 heavy (non-hydrogen) atoms. The summed E-state index contributed by atoms with van der Waals surface area (Å²) >= 11 is 14.1. The minimum atomic E-state index is 0.560. The summed E-state index contributed by atoms with van der Waals surface area (Å²) in [5, 5.41) is 0. The van der Waals surface area contributed by atoms with Crippen LogP contribution in [0.3, 0.4) is 0 Å². The molecule has 2 aromatic rings. The van der Waals surface area contributed by atoms with Crippen LogP contribution in [0.2, 0.25) is 0 Å². The molecule has 0 atom stereocenters. The normalized spacial score (nSPS) is 10.8. The summed E-state index contributed by atoms with van der Waals surface area (Å²) in [5.74, 6) is 0. The maximum atomic E-state index is 4.97. The van der Waals surface area contributed by atoms with Crippen LogP contribution in [0.1, 0.15) is 0 Å². The summed E-state index contributed by atoms with van der Waals surface area (Å²) in [6.45, 7) is 0. The molecule has 62 valence electrons. The molecule has 0 amide bonds. The van der Waals surface area contributed by atoms with Gasteiger partial charge in [0, 0.05) is 0 Å². The molecule has 0 aliphatic carbocycles. The van der Waals surface area contributed by atoms with Gasteiger partial charge < -0.3 is 9.97 Å². The van der Waals surface area contributed by atoms with Gasteiger partial charge in [-0.15, -0.1) is 0 Å². The first-order valence-electron chi connectivity index (χ1n) is 3.22. The number of thiol groups is 1. The van der Waals surface area contributed by atoms with E-state index >= 15 is 0 Å². The number of rotatable bonds is 0. The lowest BCUT2D eigenvalue weighted by atomic mass is 10.4. The van der Waals surface area contributed by atoms with Crippen LogP contribution >= 0.6 is 37.3 Å². The lowest BCUT2D eigenvalue weighted by molar-refractivity contribution is 1.20. The van der Waals surface area contributed by atoms with E-state index in [4.69, 9.17) is 24.4 Å². The first-order chi connectivity index (χ1) is 5.68. The van der Waals surface area contributed by atoms with E-state index in [2.05, 4.69) is 22.8 Å². The van der Waals surface area contributed by atoms with Gasteiger partial charge >= 0.3 is 0 Å². The Hall–Kier alpha value is -0.590. The van der Waals surface area contributed by atoms with E-state index in [0.717, 1.165) is 11.2 Å².